The van der Waals surface area contributed by atoms with Gasteiger partial charge in [-0.1, -0.05) is 0 Å². The van der Waals surface area contributed by atoms with Crippen molar-refractivity contribution in [2.45, 2.75) is 6.92 Å². The van der Waals surface area contributed by atoms with E-state index < -0.39 is 0 Å². The van der Waals surface area contributed by atoms with E-state index in [4.69, 9.17) is 0 Å². The number of H-pyrrole nitrogens is 1. The van der Waals surface area contributed by atoms with Crippen LogP contribution in [0.2, 0.25) is 0 Å². The average Bonchev–Trinajstić information content (AvgIpc) is 2.95. The first kappa shape index (κ1) is 15.0. The van der Waals surface area contributed by atoms with E-state index >= 15 is 0 Å². The van der Waals surface area contributed by atoms with Crippen molar-refractivity contribution in [3.63, 3.8) is 0 Å². The van der Waals surface area contributed by atoms with E-state index in [0.717, 1.165) is 27.8 Å². The number of fused-ring (bicyclic) bond motifs is 1. The number of aromatic nitrogens is 2. The number of nitrogens with zero attached hydrogens (tertiary/aromatic N) is 1. The number of amides is 1. The number of carbonyl (C=O) groups excluding carboxylic acids is 1. The first-order chi connectivity index (χ1) is 11.1. The minimum absolute atomic E-state index is 0.0501. The van der Waals surface area contributed by atoms with Gasteiger partial charge in [-0.3, -0.25) is 4.79 Å². The molecule has 0 fully saturated rings. The molecule has 2 heterocycles. The van der Waals surface area contributed by atoms with Gasteiger partial charge in [0.15, 0.2) is 0 Å². The summed E-state index contributed by atoms with van der Waals surface area (Å²) in [5.74, 6) is 0.429. The van der Waals surface area contributed by atoms with E-state index in [2.05, 4.69) is 20.6 Å². The molecule has 118 valence electrons. The first-order valence-corrected chi connectivity index (χ1v) is 7.35. The van der Waals surface area contributed by atoms with Gasteiger partial charge in [0, 0.05) is 54.4 Å². The third kappa shape index (κ3) is 3.48. The van der Waals surface area contributed by atoms with Crippen molar-refractivity contribution < 1.29 is 9.18 Å². The molecule has 0 unspecified atom stereocenters. The zero-order valence-electron chi connectivity index (χ0n) is 12.7. The minimum atomic E-state index is -0.261. The number of hydrogen-bond acceptors (Lipinski definition) is 3. The molecule has 0 saturated carbocycles. The van der Waals surface area contributed by atoms with Crippen molar-refractivity contribution in [1.29, 1.82) is 0 Å². The third-order valence-electron chi connectivity index (χ3n) is 3.52. The lowest BCUT2D eigenvalue weighted by atomic mass is 10.1. The highest BCUT2D eigenvalue weighted by atomic mass is 19.1. The second-order valence-electron chi connectivity index (χ2n) is 5.23. The standard InChI is InChI=1S/C17H17FN4O/c1-11(23)19-6-7-20-17-5-2-12(9-22-17)15-10-21-16-8-13(18)3-4-14(15)16/h2-5,8-10,21H,6-7H2,1H3,(H,19,23)(H,20,22). The molecule has 0 bridgehead atoms. The Hall–Kier alpha value is -2.89. The summed E-state index contributed by atoms with van der Waals surface area (Å²) in [5, 5.41) is 6.80. The number of carbonyl (C=O) groups is 1. The van der Waals surface area contributed by atoms with Crippen LogP contribution < -0.4 is 10.6 Å². The molecular weight excluding hydrogens is 295 g/mol. The van der Waals surface area contributed by atoms with Gasteiger partial charge < -0.3 is 15.6 Å². The Bertz CT molecular complexity index is 826. The molecule has 1 aromatic carbocycles. The van der Waals surface area contributed by atoms with E-state index in [0.29, 0.717) is 13.1 Å². The normalized spacial score (nSPS) is 10.7. The van der Waals surface area contributed by atoms with Crippen molar-refractivity contribution in [3.05, 3.63) is 48.5 Å². The van der Waals surface area contributed by atoms with Crippen LogP contribution in [0.15, 0.2) is 42.7 Å². The zero-order valence-corrected chi connectivity index (χ0v) is 12.7. The fourth-order valence-electron chi connectivity index (χ4n) is 2.42. The van der Waals surface area contributed by atoms with E-state index in [1.807, 2.05) is 18.3 Å². The lowest BCUT2D eigenvalue weighted by Gasteiger charge is -2.07. The van der Waals surface area contributed by atoms with E-state index in [1.54, 1.807) is 12.3 Å². The van der Waals surface area contributed by atoms with Crippen LogP contribution in [-0.4, -0.2) is 29.0 Å². The number of anilines is 1. The molecule has 1 amide bonds. The van der Waals surface area contributed by atoms with Crippen molar-refractivity contribution in [3.8, 4) is 11.1 Å². The van der Waals surface area contributed by atoms with E-state index in [9.17, 15) is 9.18 Å². The van der Waals surface area contributed by atoms with Crippen LogP contribution in [0.1, 0.15) is 6.92 Å². The fourth-order valence-corrected chi connectivity index (χ4v) is 2.42. The van der Waals surface area contributed by atoms with Crippen LogP contribution in [0, 0.1) is 5.82 Å². The maximum absolute atomic E-state index is 13.2. The van der Waals surface area contributed by atoms with E-state index in [1.165, 1.54) is 19.1 Å². The highest BCUT2D eigenvalue weighted by molar-refractivity contribution is 5.95. The number of rotatable bonds is 5. The molecule has 2 aromatic heterocycles. The number of hydrogen-bond donors (Lipinski definition) is 3. The Labute approximate surface area is 132 Å². The first-order valence-electron chi connectivity index (χ1n) is 7.35. The Morgan fingerprint density at radius 3 is 2.87 bits per heavy atom. The maximum atomic E-state index is 13.2. The van der Waals surface area contributed by atoms with Gasteiger partial charge in [-0.25, -0.2) is 9.37 Å². The predicted octanol–water partition coefficient (Wildman–Crippen LogP) is 2.92. The molecule has 0 saturated heterocycles. The van der Waals surface area contributed by atoms with Crippen LogP contribution in [-0.2, 0) is 4.79 Å². The molecule has 0 aliphatic heterocycles. The fraction of sp³-hybridized carbons (Fsp3) is 0.176. The van der Waals surface area contributed by atoms with Crippen molar-refractivity contribution >= 4 is 22.6 Å². The number of aromatic amines is 1. The summed E-state index contributed by atoms with van der Waals surface area (Å²) >= 11 is 0. The molecule has 0 radical (unpaired) electrons. The van der Waals surface area contributed by atoms with E-state index in [-0.39, 0.29) is 11.7 Å². The van der Waals surface area contributed by atoms with Crippen LogP contribution in [0.4, 0.5) is 10.2 Å². The summed E-state index contributed by atoms with van der Waals surface area (Å²) in [6.45, 7) is 2.64. The molecule has 6 heteroatoms. The summed E-state index contributed by atoms with van der Waals surface area (Å²) in [6, 6.07) is 8.52. The largest absolute Gasteiger partial charge is 0.368 e. The Morgan fingerprint density at radius 1 is 1.26 bits per heavy atom. The third-order valence-corrected chi connectivity index (χ3v) is 3.52. The Kier molecular flexibility index (Phi) is 4.23. The molecule has 0 spiro atoms. The van der Waals surface area contributed by atoms with Crippen LogP contribution in [0.3, 0.4) is 0 Å². The summed E-state index contributed by atoms with van der Waals surface area (Å²) in [7, 11) is 0. The van der Waals surface area contributed by atoms with Gasteiger partial charge in [0.2, 0.25) is 5.91 Å². The SMILES string of the molecule is CC(=O)NCCNc1ccc(-c2c[nH]c3cc(F)ccc23)cn1. The molecule has 5 nitrogen and oxygen atoms in total. The highest BCUT2D eigenvalue weighted by Gasteiger charge is 2.07. The molecule has 23 heavy (non-hydrogen) atoms. The van der Waals surface area contributed by atoms with Gasteiger partial charge in [-0.05, 0) is 30.3 Å². The topological polar surface area (TPSA) is 69.8 Å². The van der Waals surface area contributed by atoms with Crippen LogP contribution in [0.25, 0.3) is 22.0 Å². The zero-order chi connectivity index (χ0) is 16.2. The van der Waals surface area contributed by atoms with Crippen molar-refractivity contribution in [2.24, 2.45) is 0 Å². The second-order valence-corrected chi connectivity index (χ2v) is 5.23. The van der Waals surface area contributed by atoms with Gasteiger partial charge in [-0.2, -0.15) is 0 Å². The minimum Gasteiger partial charge on any atom is -0.368 e. The molecule has 3 aromatic rings. The number of benzene rings is 1. The Balaban J connectivity index is 1.72. The molecule has 3 N–H and O–H groups in total. The van der Waals surface area contributed by atoms with Gasteiger partial charge in [0.05, 0.1) is 0 Å². The summed E-state index contributed by atoms with van der Waals surface area (Å²) in [5.41, 5.74) is 2.70. The maximum Gasteiger partial charge on any atom is 0.216 e. The number of halogens is 1. The molecular formula is C17H17FN4O. The van der Waals surface area contributed by atoms with Gasteiger partial charge in [0.25, 0.3) is 0 Å². The van der Waals surface area contributed by atoms with Gasteiger partial charge >= 0.3 is 0 Å². The van der Waals surface area contributed by atoms with Crippen molar-refractivity contribution in [2.75, 3.05) is 18.4 Å². The lowest BCUT2D eigenvalue weighted by Crippen LogP contribution is -2.26. The Morgan fingerprint density at radius 2 is 2.13 bits per heavy atom. The molecule has 0 aliphatic carbocycles. The number of nitrogens with one attached hydrogen (secondary N) is 3. The molecule has 0 aliphatic rings. The monoisotopic (exact) mass is 312 g/mol. The summed E-state index contributed by atoms with van der Waals surface area (Å²) in [6.07, 6.45) is 3.62. The highest BCUT2D eigenvalue weighted by Crippen LogP contribution is 2.28. The van der Waals surface area contributed by atoms with Gasteiger partial charge in [-0.15, -0.1) is 0 Å². The quantitative estimate of drug-likeness (QED) is 0.634. The second kappa shape index (κ2) is 6.48. The smallest absolute Gasteiger partial charge is 0.216 e. The average molecular weight is 312 g/mol. The summed E-state index contributed by atoms with van der Waals surface area (Å²) < 4.78 is 13.2. The van der Waals surface area contributed by atoms with Gasteiger partial charge in [0.1, 0.15) is 11.6 Å². The summed E-state index contributed by atoms with van der Waals surface area (Å²) in [4.78, 5) is 18.2. The lowest BCUT2D eigenvalue weighted by molar-refractivity contribution is -0.118. The number of pyridine rings is 1. The predicted molar refractivity (Wildman–Crippen MR) is 88.7 cm³/mol. The van der Waals surface area contributed by atoms with Crippen LogP contribution in [0.5, 0.6) is 0 Å². The van der Waals surface area contributed by atoms with Crippen molar-refractivity contribution in [1.82, 2.24) is 15.3 Å². The molecule has 3 rings (SSSR count). The van der Waals surface area contributed by atoms with Crippen LogP contribution >= 0.6 is 0 Å². The molecule has 0 atom stereocenters.